The van der Waals surface area contributed by atoms with E-state index < -0.39 is 0 Å². The molecular formula is C20H32IN3O3. The van der Waals surface area contributed by atoms with Crippen LogP contribution in [0.15, 0.2) is 29.3 Å². The van der Waals surface area contributed by atoms with Crippen molar-refractivity contribution in [3.8, 4) is 5.75 Å². The van der Waals surface area contributed by atoms with Gasteiger partial charge in [-0.25, -0.2) is 0 Å². The summed E-state index contributed by atoms with van der Waals surface area (Å²) in [5.41, 5.74) is 1.17. The van der Waals surface area contributed by atoms with Crippen LogP contribution in [0.3, 0.4) is 0 Å². The molecule has 0 aliphatic carbocycles. The molecule has 1 N–H and O–H groups in total. The maximum atomic E-state index is 11.6. The summed E-state index contributed by atoms with van der Waals surface area (Å²) >= 11 is 0. The molecule has 1 fully saturated rings. The first-order valence-electron chi connectivity index (χ1n) is 9.28. The van der Waals surface area contributed by atoms with Gasteiger partial charge in [0.15, 0.2) is 5.96 Å². The number of carbonyl (C=O) groups excluding carboxylic acids is 1. The monoisotopic (exact) mass is 489 g/mol. The van der Waals surface area contributed by atoms with Crippen LogP contribution in [0.5, 0.6) is 5.75 Å². The molecular weight excluding hydrogens is 457 g/mol. The topological polar surface area (TPSA) is 63.2 Å². The van der Waals surface area contributed by atoms with Crippen LogP contribution in [0.2, 0.25) is 0 Å². The lowest BCUT2D eigenvalue weighted by molar-refractivity contribution is -0.146. The molecule has 0 spiro atoms. The largest absolute Gasteiger partial charge is 0.493 e. The number of hydrogen-bond donors (Lipinski definition) is 1. The van der Waals surface area contributed by atoms with Gasteiger partial charge in [-0.05, 0) is 36.5 Å². The van der Waals surface area contributed by atoms with Crippen LogP contribution in [-0.2, 0) is 16.1 Å². The number of ether oxygens (including phenoxy) is 2. The minimum absolute atomic E-state index is 0. The van der Waals surface area contributed by atoms with Crippen molar-refractivity contribution in [3.05, 3.63) is 29.8 Å². The predicted molar refractivity (Wildman–Crippen MR) is 119 cm³/mol. The van der Waals surface area contributed by atoms with Crippen LogP contribution >= 0.6 is 24.0 Å². The lowest BCUT2D eigenvalue weighted by Gasteiger charge is -2.33. The molecule has 1 saturated heterocycles. The zero-order chi connectivity index (χ0) is 18.9. The van der Waals surface area contributed by atoms with Crippen LogP contribution < -0.4 is 10.1 Å². The molecule has 0 aromatic heterocycles. The van der Waals surface area contributed by atoms with Crippen molar-refractivity contribution >= 4 is 35.9 Å². The SMILES string of the molecule is CN=C(NCc1ccc(OCC(C)C)cc1)N1CCC(C(=O)OC)CC1.I. The van der Waals surface area contributed by atoms with Gasteiger partial charge in [0.25, 0.3) is 0 Å². The molecule has 0 atom stereocenters. The molecule has 0 amide bonds. The van der Waals surface area contributed by atoms with E-state index in [2.05, 4.69) is 41.2 Å². The number of nitrogens with one attached hydrogen (secondary N) is 1. The van der Waals surface area contributed by atoms with Crippen molar-refractivity contribution in [2.24, 2.45) is 16.8 Å². The fourth-order valence-electron chi connectivity index (χ4n) is 2.97. The van der Waals surface area contributed by atoms with E-state index in [0.29, 0.717) is 12.5 Å². The van der Waals surface area contributed by atoms with Crippen molar-refractivity contribution in [3.63, 3.8) is 0 Å². The average Bonchev–Trinajstić information content (AvgIpc) is 2.67. The molecule has 6 nitrogen and oxygen atoms in total. The molecule has 0 saturated carbocycles. The first-order chi connectivity index (χ1) is 12.5. The average molecular weight is 489 g/mol. The van der Waals surface area contributed by atoms with Gasteiger partial charge >= 0.3 is 5.97 Å². The Bertz CT molecular complexity index is 597. The van der Waals surface area contributed by atoms with Crippen LogP contribution in [0.4, 0.5) is 0 Å². The van der Waals surface area contributed by atoms with E-state index in [-0.39, 0.29) is 35.9 Å². The van der Waals surface area contributed by atoms with Gasteiger partial charge < -0.3 is 19.7 Å². The van der Waals surface area contributed by atoms with Crippen LogP contribution in [0, 0.1) is 11.8 Å². The van der Waals surface area contributed by atoms with E-state index in [4.69, 9.17) is 9.47 Å². The maximum Gasteiger partial charge on any atom is 0.308 e. The number of nitrogens with zero attached hydrogens (tertiary/aromatic N) is 2. The van der Waals surface area contributed by atoms with Gasteiger partial charge in [-0.15, -0.1) is 24.0 Å². The predicted octanol–water partition coefficient (Wildman–Crippen LogP) is 3.30. The Kier molecular flexibility index (Phi) is 10.5. The number of benzene rings is 1. The zero-order valence-electron chi connectivity index (χ0n) is 16.7. The molecule has 2 rings (SSSR count). The summed E-state index contributed by atoms with van der Waals surface area (Å²) < 4.78 is 10.6. The van der Waals surface area contributed by atoms with Gasteiger partial charge in [0.05, 0.1) is 19.6 Å². The van der Waals surface area contributed by atoms with Gasteiger partial charge in [0.2, 0.25) is 0 Å². The number of rotatable bonds is 6. The minimum Gasteiger partial charge on any atom is -0.493 e. The summed E-state index contributed by atoms with van der Waals surface area (Å²) in [4.78, 5) is 18.2. The molecule has 7 heteroatoms. The Morgan fingerprint density at radius 2 is 1.89 bits per heavy atom. The highest BCUT2D eigenvalue weighted by molar-refractivity contribution is 14.0. The fraction of sp³-hybridized carbons (Fsp3) is 0.600. The van der Waals surface area contributed by atoms with Gasteiger partial charge in [0.1, 0.15) is 5.75 Å². The Hall–Kier alpha value is -1.51. The van der Waals surface area contributed by atoms with E-state index in [0.717, 1.165) is 44.2 Å². The summed E-state index contributed by atoms with van der Waals surface area (Å²) in [6.07, 6.45) is 1.60. The van der Waals surface area contributed by atoms with Gasteiger partial charge in [0, 0.05) is 26.7 Å². The second-order valence-electron chi connectivity index (χ2n) is 7.03. The van der Waals surface area contributed by atoms with E-state index in [9.17, 15) is 4.79 Å². The van der Waals surface area contributed by atoms with E-state index in [1.807, 2.05) is 12.1 Å². The van der Waals surface area contributed by atoms with Crippen molar-refractivity contribution in [2.45, 2.75) is 33.2 Å². The standard InChI is InChI=1S/C20H31N3O3.HI/c1-15(2)14-26-18-7-5-16(6-8-18)13-22-20(21-3)23-11-9-17(10-12-23)19(24)25-4;/h5-8,15,17H,9-14H2,1-4H3,(H,21,22);1H. The highest BCUT2D eigenvalue weighted by Gasteiger charge is 2.26. The molecule has 1 aliphatic rings. The third-order valence-corrected chi connectivity index (χ3v) is 4.50. The number of methoxy groups -OCH3 is 1. The molecule has 0 radical (unpaired) electrons. The van der Waals surface area contributed by atoms with Crippen LogP contribution in [0.25, 0.3) is 0 Å². The van der Waals surface area contributed by atoms with Crippen molar-refractivity contribution in [2.75, 3.05) is 33.9 Å². The highest BCUT2D eigenvalue weighted by atomic mass is 127. The van der Waals surface area contributed by atoms with E-state index >= 15 is 0 Å². The number of piperidine rings is 1. The molecule has 1 aromatic carbocycles. The van der Waals surface area contributed by atoms with Crippen molar-refractivity contribution in [1.82, 2.24) is 10.2 Å². The number of hydrogen-bond acceptors (Lipinski definition) is 4. The molecule has 0 unspecified atom stereocenters. The summed E-state index contributed by atoms with van der Waals surface area (Å²) in [6, 6.07) is 8.15. The summed E-state index contributed by atoms with van der Waals surface area (Å²) in [7, 11) is 3.24. The number of aliphatic imine (C=N–C) groups is 1. The Labute approximate surface area is 179 Å². The third kappa shape index (κ3) is 7.56. The summed E-state index contributed by atoms with van der Waals surface area (Å²) in [6.45, 7) is 7.32. The highest BCUT2D eigenvalue weighted by Crippen LogP contribution is 2.19. The zero-order valence-corrected chi connectivity index (χ0v) is 19.1. The van der Waals surface area contributed by atoms with E-state index in [1.165, 1.54) is 12.7 Å². The number of guanidine groups is 1. The Morgan fingerprint density at radius 1 is 1.26 bits per heavy atom. The smallest absolute Gasteiger partial charge is 0.308 e. The Morgan fingerprint density at radius 3 is 2.41 bits per heavy atom. The second-order valence-corrected chi connectivity index (χ2v) is 7.03. The number of esters is 1. The number of likely N-dealkylation sites (tertiary alicyclic amines) is 1. The molecule has 1 aliphatic heterocycles. The summed E-state index contributed by atoms with van der Waals surface area (Å²) in [5, 5.41) is 3.40. The fourth-order valence-corrected chi connectivity index (χ4v) is 2.97. The molecule has 1 heterocycles. The lowest BCUT2D eigenvalue weighted by atomic mass is 9.97. The normalized spacial score (nSPS) is 15.3. The number of halogens is 1. The maximum absolute atomic E-state index is 11.6. The molecule has 152 valence electrons. The minimum atomic E-state index is -0.104. The Balaban J connectivity index is 0.00000364. The van der Waals surface area contributed by atoms with Gasteiger partial charge in [-0.2, -0.15) is 0 Å². The first kappa shape index (κ1) is 23.5. The summed E-state index contributed by atoms with van der Waals surface area (Å²) in [5.74, 6) is 2.19. The molecule has 27 heavy (non-hydrogen) atoms. The van der Waals surface area contributed by atoms with Crippen LogP contribution in [-0.4, -0.2) is 50.7 Å². The quantitative estimate of drug-likeness (QED) is 0.288. The molecule has 1 aromatic rings. The van der Waals surface area contributed by atoms with Gasteiger partial charge in [-0.1, -0.05) is 26.0 Å². The van der Waals surface area contributed by atoms with Crippen molar-refractivity contribution in [1.29, 1.82) is 0 Å². The van der Waals surface area contributed by atoms with Gasteiger partial charge in [-0.3, -0.25) is 9.79 Å². The van der Waals surface area contributed by atoms with Crippen molar-refractivity contribution < 1.29 is 14.3 Å². The molecule has 0 bridgehead atoms. The lowest BCUT2D eigenvalue weighted by Crippen LogP contribution is -2.46. The van der Waals surface area contributed by atoms with E-state index in [1.54, 1.807) is 7.05 Å². The number of carbonyl (C=O) groups is 1. The second kappa shape index (κ2) is 12.0. The van der Waals surface area contributed by atoms with Crippen LogP contribution in [0.1, 0.15) is 32.3 Å². The first-order valence-corrected chi connectivity index (χ1v) is 9.28. The third-order valence-electron chi connectivity index (χ3n) is 4.50.